The molecule has 0 aliphatic carbocycles. The fraction of sp³-hybridized carbons (Fsp3) is 0.0667. The molecule has 0 radical (unpaired) electrons. The molecular weight excluding hydrogens is 266 g/mol. The van der Waals surface area contributed by atoms with Gasteiger partial charge in [-0.1, -0.05) is 24.3 Å². The van der Waals surface area contributed by atoms with Crippen molar-refractivity contribution in [3.05, 3.63) is 54.1 Å². The maximum atomic E-state index is 5.82. The normalized spacial score (nSPS) is 11.0. The summed E-state index contributed by atoms with van der Waals surface area (Å²) in [7, 11) is 0. The van der Waals surface area contributed by atoms with Crippen molar-refractivity contribution in [2.24, 2.45) is 27.2 Å². The molecule has 0 saturated heterocycles. The summed E-state index contributed by atoms with van der Waals surface area (Å²) in [4.78, 5) is 7.82. The van der Waals surface area contributed by atoms with Gasteiger partial charge in [-0.3, -0.25) is 0 Å². The summed E-state index contributed by atoms with van der Waals surface area (Å²) >= 11 is 0. The highest BCUT2D eigenvalue weighted by molar-refractivity contribution is 5.93. The molecule has 2 aromatic rings. The Hall–Kier alpha value is -3.02. The van der Waals surface area contributed by atoms with Crippen LogP contribution in [0.5, 0.6) is 11.5 Å². The van der Waals surface area contributed by atoms with Crippen molar-refractivity contribution in [2.45, 2.75) is 6.92 Å². The summed E-state index contributed by atoms with van der Waals surface area (Å²) in [6.45, 7) is 1.99. The second-order valence-electron chi connectivity index (χ2n) is 4.39. The summed E-state index contributed by atoms with van der Waals surface area (Å²) in [6, 6.07) is 14.9. The molecule has 2 aromatic carbocycles. The molecule has 6 nitrogen and oxygen atoms in total. The van der Waals surface area contributed by atoms with Gasteiger partial charge in [0.2, 0.25) is 5.96 Å². The predicted octanol–water partition coefficient (Wildman–Crippen LogP) is 2.01. The third kappa shape index (κ3) is 4.24. The van der Waals surface area contributed by atoms with E-state index in [1.165, 1.54) is 0 Å². The number of benzene rings is 2. The van der Waals surface area contributed by atoms with Crippen LogP contribution in [0, 0.1) is 6.92 Å². The molecular formula is C15H17N5O. The second-order valence-corrected chi connectivity index (χ2v) is 4.39. The number of para-hydroxylation sites is 2. The van der Waals surface area contributed by atoms with Gasteiger partial charge in [-0.15, -0.1) is 0 Å². The van der Waals surface area contributed by atoms with Crippen LogP contribution in [0.4, 0.5) is 5.69 Å². The lowest BCUT2D eigenvalue weighted by molar-refractivity contribution is 0.483. The molecule has 0 unspecified atom stereocenters. The highest BCUT2D eigenvalue weighted by Crippen LogP contribution is 2.31. The van der Waals surface area contributed by atoms with E-state index in [1.54, 1.807) is 12.1 Å². The van der Waals surface area contributed by atoms with Gasteiger partial charge in [0.05, 0.1) is 0 Å². The molecule has 0 bridgehead atoms. The number of nitrogens with zero attached hydrogens (tertiary/aromatic N) is 2. The number of nitrogens with two attached hydrogens (primary N) is 3. The van der Waals surface area contributed by atoms with Gasteiger partial charge in [-0.2, -0.15) is 4.99 Å². The maximum absolute atomic E-state index is 5.82. The SMILES string of the molecule is Cc1cccc(Oc2ccccc2N=C(N)N=C(N)N)c1. The van der Waals surface area contributed by atoms with Crippen LogP contribution >= 0.6 is 0 Å². The van der Waals surface area contributed by atoms with Gasteiger partial charge < -0.3 is 21.9 Å². The van der Waals surface area contributed by atoms with Crippen LogP contribution in [0.2, 0.25) is 0 Å². The molecule has 0 aliphatic heterocycles. The van der Waals surface area contributed by atoms with Crippen LogP contribution in [0.25, 0.3) is 0 Å². The Morgan fingerprint density at radius 2 is 1.76 bits per heavy atom. The summed E-state index contributed by atoms with van der Waals surface area (Å²) in [5, 5.41) is 0. The van der Waals surface area contributed by atoms with Crippen LogP contribution in [0.3, 0.4) is 0 Å². The van der Waals surface area contributed by atoms with E-state index in [-0.39, 0.29) is 11.9 Å². The van der Waals surface area contributed by atoms with Crippen LogP contribution in [-0.2, 0) is 0 Å². The average molecular weight is 283 g/mol. The monoisotopic (exact) mass is 283 g/mol. The van der Waals surface area contributed by atoms with E-state index in [2.05, 4.69) is 9.98 Å². The Morgan fingerprint density at radius 1 is 1.00 bits per heavy atom. The molecule has 0 aliphatic rings. The van der Waals surface area contributed by atoms with Crippen molar-refractivity contribution in [3.8, 4) is 11.5 Å². The number of aliphatic imine (C=N–C) groups is 2. The maximum Gasteiger partial charge on any atom is 0.223 e. The van der Waals surface area contributed by atoms with Crippen molar-refractivity contribution in [3.63, 3.8) is 0 Å². The zero-order valence-corrected chi connectivity index (χ0v) is 11.7. The lowest BCUT2D eigenvalue weighted by Gasteiger charge is -2.09. The number of hydrogen-bond acceptors (Lipinski definition) is 2. The Balaban J connectivity index is 2.31. The topological polar surface area (TPSA) is 112 Å². The summed E-state index contributed by atoms with van der Waals surface area (Å²) in [6.07, 6.45) is 0. The van der Waals surface area contributed by atoms with Gasteiger partial charge in [0, 0.05) is 0 Å². The third-order valence-electron chi connectivity index (χ3n) is 2.56. The summed E-state index contributed by atoms with van der Waals surface area (Å²) < 4.78 is 5.82. The number of aryl methyl sites for hydroxylation is 1. The third-order valence-corrected chi connectivity index (χ3v) is 2.56. The number of ether oxygens (including phenoxy) is 1. The zero-order chi connectivity index (χ0) is 15.2. The van der Waals surface area contributed by atoms with Gasteiger partial charge in [-0.25, -0.2) is 4.99 Å². The van der Waals surface area contributed by atoms with Gasteiger partial charge in [0.15, 0.2) is 11.7 Å². The first kappa shape index (κ1) is 14.4. The summed E-state index contributed by atoms with van der Waals surface area (Å²) in [5.74, 6) is 1.11. The molecule has 21 heavy (non-hydrogen) atoms. The first-order valence-electron chi connectivity index (χ1n) is 6.32. The molecule has 0 heterocycles. The Kier molecular flexibility index (Phi) is 4.40. The molecule has 6 heteroatoms. The van der Waals surface area contributed by atoms with E-state index >= 15 is 0 Å². The molecule has 0 aromatic heterocycles. The summed E-state index contributed by atoms with van der Waals surface area (Å²) in [5.41, 5.74) is 17.8. The number of rotatable bonds is 3. The average Bonchev–Trinajstić information content (AvgIpc) is 2.40. The Labute approximate surface area is 123 Å². The highest BCUT2D eigenvalue weighted by Gasteiger charge is 2.04. The molecule has 2 rings (SSSR count). The highest BCUT2D eigenvalue weighted by atomic mass is 16.5. The molecule has 0 saturated carbocycles. The van der Waals surface area contributed by atoms with E-state index in [9.17, 15) is 0 Å². The molecule has 0 amide bonds. The van der Waals surface area contributed by atoms with Crippen molar-refractivity contribution in [2.75, 3.05) is 0 Å². The number of guanidine groups is 2. The minimum atomic E-state index is -0.145. The van der Waals surface area contributed by atoms with Crippen molar-refractivity contribution in [1.82, 2.24) is 0 Å². The fourth-order valence-electron chi connectivity index (χ4n) is 1.72. The van der Waals surface area contributed by atoms with Crippen molar-refractivity contribution >= 4 is 17.6 Å². The quantitative estimate of drug-likeness (QED) is 0.590. The van der Waals surface area contributed by atoms with Crippen LogP contribution in [-0.4, -0.2) is 11.9 Å². The molecule has 0 atom stereocenters. The first-order chi connectivity index (χ1) is 10.0. The van der Waals surface area contributed by atoms with E-state index < -0.39 is 0 Å². The second kappa shape index (κ2) is 6.42. The number of hydrogen-bond donors (Lipinski definition) is 3. The van der Waals surface area contributed by atoms with Gasteiger partial charge in [-0.05, 0) is 36.8 Å². The lowest BCUT2D eigenvalue weighted by Crippen LogP contribution is -2.26. The predicted molar refractivity (Wildman–Crippen MR) is 84.8 cm³/mol. The zero-order valence-electron chi connectivity index (χ0n) is 11.7. The van der Waals surface area contributed by atoms with Gasteiger partial charge >= 0.3 is 0 Å². The van der Waals surface area contributed by atoms with E-state index in [1.807, 2.05) is 43.3 Å². The van der Waals surface area contributed by atoms with Crippen LogP contribution < -0.4 is 21.9 Å². The van der Waals surface area contributed by atoms with Crippen LogP contribution in [0.1, 0.15) is 5.56 Å². The lowest BCUT2D eigenvalue weighted by atomic mass is 10.2. The molecule has 6 N–H and O–H groups in total. The fourth-order valence-corrected chi connectivity index (χ4v) is 1.72. The first-order valence-corrected chi connectivity index (χ1v) is 6.32. The van der Waals surface area contributed by atoms with Gasteiger partial charge in [0.1, 0.15) is 11.4 Å². The van der Waals surface area contributed by atoms with E-state index in [0.717, 1.165) is 11.3 Å². The Morgan fingerprint density at radius 3 is 2.48 bits per heavy atom. The largest absolute Gasteiger partial charge is 0.455 e. The van der Waals surface area contributed by atoms with Crippen molar-refractivity contribution in [1.29, 1.82) is 0 Å². The van der Waals surface area contributed by atoms with E-state index in [4.69, 9.17) is 21.9 Å². The molecule has 0 spiro atoms. The smallest absolute Gasteiger partial charge is 0.223 e. The van der Waals surface area contributed by atoms with Gasteiger partial charge in [0.25, 0.3) is 0 Å². The van der Waals surface area contributed by atoms with Crippen molar-refractivity contribution < 1.29 is 4.74 Å². The minimum absolute atomic E-state index is 0.0321. The Bertz CT molecular complexity index is 690. The minimum Gasteiger partial charge on any atom is -0.455 e. The standard InChI is InChI=1S/C15H17N5O/c1-10-5-4-6-11(9-10)21-13-8-3-2-7-12(13)19-15(18)20-14(16)17/h2-9H,1H3,(H6,16,17,18,19,20). The molecule has 0 fully saturated rings. The molecule has 108 valence electrons. The van der Waals surface area contributed by atoms with E-state index in [0.29, 0.717) is 11.4 Å². The van der Waals surface area contributed by atoms with Crippen LogP contribution in [0.15, 0.2) is 58.5 Å².